The highest BCUT2D eigenvalue weighted by molar-refractivity contribution is 5.96. The number of nitrogens with zero attached hydrogens (tertiary/aromatic N) is 3. The van der Waals surface area contributed by atoms with Crippen molar-refractivity contribution in [2.75, 3.05) is 18.1 Å². The summed E-state index contributed by atoms with van der Waals surface area (Å²) in [7, 11) is 0. The Hall–Kier alpha value is -2.18. The van der Waals surface area contributed by atoms with Crippen molar-refractivity contribution >= 4 is 17.4 Å². The first-order chi connectivity index (χ1) is 8.49. The highest BCUT2D eigenvalue weighted by Crippen LogP contribution is 2.32. The Morgan fingerprint density at radius 3 is 2.94 bits per heavy atom. The highest BCUT2D eigenvalue weighted by Gasteiger charge is 2.28. The predicted molar refractivity (Wildman–Crippen MR) is 63.6 cm³/mol. The second-order valence-electron chi connectivity index (χ2n) is 4.46. The lowest BCUT2D eigenvalue weighted by Crippen LogP contribution is -2.41. The van der Waals surface area contributed by atoms with Crippen molar-refractivity contribution in [2.24, 2.45) is 5.92 Å². The third kappa shape index (κ3) is 2.24. The molecule has 18 heavy (non-hydrogen) atoms. The number of amides is 1. The van der Waals surface area contributed by atoms with Crippen LogP contribution in [0.25, 0.3) is 0 Å². The number of nitro groups is 1. The van der Waals surface area contributed by atoms with Crippen LogP contribution in [0.4, 0.5) is 11.5 Å². The van der Waals surface area contributed by atoms with Gasteiger partial charge in [-0.1, -0.05) is 13.8 Å². The topological polar surface area (TPSA) is 85.6 Å². The van der Waals surface area contributed by atoms with Crippen molar-refractivity contribution in [3.05, 3.63) is 22.4 Å². The third-order valence-corrected chi connectivity index (χ3v) is 2.48. The largest absolute Gasteiger partial charge is 0.480 e. The first-order valence-corrected chi connectivity index (χ1v) is 5.56. The van der Waals surface area contributed by atoms with Gasteiger partial charge in [0.05, 0.1) is 11.0 Å². The van der Waals surface area contributed by atoms with Crippen LogP contribution in [0.1, 0.15) is 13.8 Å². The fraction of sp³-hybridized carbons (Fsp3) is 0.455. The summed E-state index contributed by atoms with van der Waals surface area (Å²) in [6, 6.07) is 1.29. The van der Waals surface area contributed by atoms with Gasteiger partial charge in [-0.15, -0.1) is 0 Å². The Balaban J connectivity index is 2.38. The average Bonchev–Trinajstić information content (AvgIpc) is 2.31. The second-order valence-corrected chi connectivity index (χ2v) is 4.46. The summed E-state index contributed by atoms with van der Waals surface area (Å²) >= 11 is 0. The summed E-state index contributed by atoms with van der Waals surface area (Å²) in [5.74, 6) is 0.726. The van der Waals surface area contributed by atoms with E-state index < -0.39 is 4.92 Å². The van der Waals surface area contributed by atoms with Crippen LogP contribution in [0.3, 0.4) is 0 Å². The van der Waals surface area contributed by atoms with Crippen LogP contribution >= 0.6 is 0 Å². The number of fused-ring (bicyclic) bond motifs is 1. The van der Waals surface area contributed by atoms with E-state index in [1.165, 1.54) is 11.0 Å². The smallest absolute Gasteiger partial charge is 0.291 e. The van der Waals surface area contributed by atoms with Gasteiger partial charge in [0.2, 0.25) is 0 Å². The summed E-state index contributed by atoms with van der Waals surface area (Å²) in [4.78, 5) is 27.3. The van der Waals surface area contributed by atoms with Crippen molar-refractivity contribution in [2.45, 2.75) is 13.8 Å². The molecule has 2 heterocycles. The molecular weight excluding hydrogens is 238 g/mol. The number of hydrogen-bond donors (Lipinski definition) is 0. The Kier molecular flexibility index (Phi) is 3.14. The normalized spacial score (nSPS) is 14.4. The van der Waals surface area contributed by atoms with E-state index in [0.717, 1.165) is 6.20 Å². The van der Waals surface area contributed by atoms with Crippen molar-refractivity contribution in [1.82, 2.24) is 4.98 Å². The lowest BCUT2D eigenvalue weighted by molar-refractivity contribution is -0.385. The van der Waals surface area contributed by atoms with Gasteiger partial charge in [0.25, 0.3) is 11.6 Å². The molecule has 7 nitrogen and oxygen atoms in total. The summed E-state index contributed by atoms with van der Waals surface area (Å²) in [5.41, 5.74) is -0.146. The first-order valence-electron chi connectivity index (χ1n) is 5.56. The highest BCUT2D eigenvalue weighted by atomic mass is 16.6. The fourth-order valence-electron chi connectivity index (χ4n) is 1.72. The van der Waals surface area contributed by atoms with Crippen molar-refractivity contribution < 1.29 is 14.5 Å². The molecule has 0 atom stereocenters. The molecule has 0 N–H and O–H groups in total. The zero-order chi connectivity index (χ0) is 13.3. The quantitative estimate of drug-likeness (QED) is 0.598. The molecule has 1 amide bonds. The Morgan fingerprint density at radius 1 is 1.61 bits per heavy atom. The molecule has 0 aromatic carbocycles. The number of hydrogen-bond acceptors (Lipinski definition) is 5. The van der Waals surface area contributed by atoms with Gasteiger partial charge in [0.15, 0.2) is 18.2 Å². The molecule has 2 rings (SSSR count). The summed E-state index contributed by atoms with van der Waals surface area (Å²) in [5, 5.41) is 10.6. The van der Waals surface area contributed by atoms with Crippen LogP contribution in [-0.2, 0) is 4.79 Å². The van der Waals surface area contributed by atoms with Gasteiger partial charge < -0.3 is 4.74 Å². The molecule has 1 aromatic heterocycles. The van der Waals surface area contributed by atoms with Gasteiger partial charge >= 0.3 is 0 Å². The van der Waals surface area contributed by atoms with E-state index in [0.29, 0.717) is 12.4 Å². The minimum atomic E-state index is -0.542. The van der Waals surface area contributed by atoms with Crippen LogP contribution in [0, 0.1) is 16.0 Å². The second kappa shape index (κ2) is 4.59. The van der Waals surface area contributed by atoms with Gasteiger partial charge in [-0.25, -0.2) is 4.98 Å². The van der Waals surface area contributed by atoms with Gasteiger partial charge in [-0.05, 0) is 5.92 Å². The number of aromatic nitrogens is 1. The molecule has 96 valence electrons. The van der Waals surface area contributed by atoms with Crippen LogP contribution in [-0.4, -0.2) is 29.0 Å². The molecule has 7 heteroatoms. The van der Waals surface area contributed by atoms with Crippen molar-refractivity contribution in [3.63, 3.8) is 0 Å². The maximum Gasteiger partial charge on any atom is 0.291 e. The van der Waals surface area contributed by atoms with Gasteiger partial charge in [-0.2, -0.15) is 0 Å². The van der Waals surface area contributed by atoms with Gasteiger partial charge in [-0.3, -0.25) is 19.8 Å². The average molecular weight is 251 g/mol. The molecule has 0 radical (unpaired) electrons. The third-order valence-electron chi connectivity index (χ3n) is 2.48. The molecule has 0 fully saturated rings. The van der Waals surface area contributed by atoms with E-state index in [1.807, 2.05) is 13.8 Å². The molecule has 0 unspecified atom stereocenters. The number of rotatable bonds is 3. The van der Waals surface area contributed by atoms with E-state index in [4.69, 9.17) is 4.74 Å². The summed E-state index contributed by atoms with van der Waals surface area (Å²) in [6.07, 6.45) is 1.13. The summed E-state index contributed by atoms with van der Waals surface area (Å²) in [6.45, 7) is 4.37. The number of carbonyl (C=O) groups is 1. The minimum Gasteiger partial charge on any atom is -0.480 e. The van der Waals surface area contributed by atoms with Crippen LogP contribution in [0.15, 0.2) is 12.3 Å². The van der Waals surface area contributed by atoms with Crippen LogP contribution in [0.2, 0.25) is 0 Å². The molecule has 1 aromatic rings. The molecule has 0 saturated heterocycles. The van der Waals surface area contributed by atoms with E-state index in [-0.39, 0.29) is 29.9 Å². The number of pyridine rings is 1. The van der Waals surface area contributed by atoms with Crippen molar-refractivity contribution in [3.8, 4) is 5.75 Å². The van der Waals surface area contributed by atoms with E-state index >= 15 is 0 Å². The molecule has 0 saturated carbocycles. The predicted octanol–water partition coefficient (Wildman–Crippen LogP) is 1.37. The van der Waals surface area contributed by atoms with Crippen LogP contribution < -0.4 is 9.64 Å². The van der Waals surface area contributed by atoms with Crippen molar-refractivity contribution in [1.29, 1.82) is 0 Å². The Morgan fingerprint density at radius 2 is 2.33 bits per heavy atom. The van der Waals surface area contributed by atoms with E-state index in [1.54, 1.807) is 0 Å². The maximum atomic E-state index is 11.7. The van der Waals surface area contributed by atoms with Gasteiger partial charge in [0, 0.05) is 6.54 Å². The van der Waals surface area contributed by atoms with E-state index in [9.17, 15) is 14.9 Å². The molecule has 1 aliphatic rings. The standard InChI is InChI=1S/C11H13N3O4/c1-7(2)5-13-10(15)6-18-9-3-8(14(16)17)4-12-11(9)13/h3-4,7H,5-6H2,1-2H3. The molecule has 1 aliphatic heterocycles. The minimum absolute atomic E-state index is 0.109. The first kappa shape index (κ1) is 12.3. The molecule has 0 aliphatic carbocycles. The zero-order valence-corrected chi connectivity index (χ0v) is 10.1. The molecular formula is C11H13N3O4. The monoisotopic (exact) mass is 251 g/mol. The number of carbonyl (C=O) groups excluding carboxylic acids is 1. The maximum absolute atomic E-state index is 11.7. The lowest BCUT2D eigenvalue weighted by Gasteiger charge is -2.29. The number of anilines is 1. The summed E-state index contributed by atoms with van der Waals surface area (Å²) < 4.78 is 5.18. The molecule has 0 bridgehead atoms. The number of ether oxygens (including phenoxy) is 1. The zero-order valence-electron chi connectivity index (χ0n) is 10.1. The molecule has 0 spiro atoms. The SMILES string of the molecule is CC(C)CN1C(=O)COc2cc([N+](=O)[O-])cnc21. The Labute approximate surface area is 104 Å². The van der Waals surface area contributed by atoms with E-state index in [2.05, 4.69) is 4.98 Å². The fourth-order valence-corrected chi connectivity index (χ4v) is 1.72. The van der Waals surface area contributed by atoms with Gasteiger partial charge in [0.1, 0.15) is 6.20 Å². The van der Waals surface area contributed by atoms with Crippen LogP contribution in [0.5, 0.6) is 5.75 Å². The lowest BCUT2D eigenvalue weighted by atomic mass is 10.2. The Bertz CT molecular complexity index is 501.